The van der Waals surface area contributed by atoms with Crippen LogP contribution in [0.2, 0.25) is 0 Å². The van der Waals surface area contributed by atoms with Gasteiger partial charge in [0.25, 0.3) is 5.56 Å². The minimum absolute atomic E-state index is 0.0232. The van der Waals surface area contributed by atoms with E-state index >= 15 is 0 Å². The third-order valence-electron chi connectivity index (χ3n) is 4.94. The van der Waals surface area contributed by atoms with Crippen LogP contribution in [-0.4, -0.2) is 27.3 Å². The van der Waals surface area contributed by atoms with Gasteiger partial charge in [0.2, 0.25) is 5.91 Å². The van der Waals surface area contributed by atoms with Crippen LogP contribution in [0.15, 0.2) is 71.1 Å². The smallest absolute Gasteiger partial charge is 0.262 e. The molecule has 1 unspecified atom stereocenters. The topological polar surface area (TPSA) is 55.2 Å². The molecular formula is C22H21N3O2S. The number of hydrogen-bond donors (Lipinski definition) is 0. The summed E-state index contributed by atoms with van der Waals surface area (Å²) in [5, 5.41) is 1.11. The second-order valence-electron chi connectivity index (χ2n) is 6.85. The normalized spacial score (nSPS) is 15.6. The Balaban J connectivity index is 1.62. The quantitative estimate of drug-likeness (QED) is 0.378. The van der Waals surface area contributed by atoms with Crippen molar-refractivity contribution in [3.63, 3.8) is 0 Å². The largest absolute Gasteiger partial charge is 0.308 e. The second-order valence-corrected chi connectivity index (χ2v) is 7.79. The first-order valence-corrected chi connectivity index (χ1v) is 10.2. The minimum Gasteiger partial charge on any atom is -0.308 e. The predicted octanol–water partition coefficient (Wildman–Crippen LogP) is 3.65. The summed E-state index contributed by atoms with van der Waals surface area (Å²) >= 11 is 1.30. The maximum atomic E-state index is 13.0. The Morgan fingerprint density at radius 3 is 2.82 bits per heavy atom. The number of nitrogens with zero attached hydrogens (tertiary/aromatic N) is 3. The zero-order chi connectivity index (χ0) is 19.7. The average molecular weight is 391 g/mol. The van der Waals surface area contributed by atoms with Crippen molar-refractivity contribution < 1.29 is 4.79 Å². The molecule has 28 heavy (non-hydrogen) atoms. The van der Waals surface area contributed by atoms with Crippen molar-refractivity contribution in [3.05, 3.63) is 77.1 Å². The summed E-state index contributed by atoms with van der Waals surface area (Å²) in [5.74, 6) is 0.246. The molecular weight excluding hydrogens is 370 g/mol. The van der Waals surface area contributed by atoms with Gasteiger partial charge in [0, 0.05) is 18.3 Å². The highest BCUT2D eigenvalue weighted by atomic mass is 32.2. The zero-order valence-corrected chi connectivity index (χ0v) is 16.5. The molecule has 2 aromatic carbocycles. The number of benzene rings is 2. The van der Waals surface area contributed by atoms with Gasteiger partial charge in [0.05, 0.1) is 16.7 Å². The lowest BCUT2D eigenvalue weighted by Gasteiger charge is -2.22. The number of fused-ring (bicyclic) bond motifs is 2. The van der Waals surface area contributed by atoms with Crippen LogP contribution in [0.5, 0.6) is 0 Å². The number of carbonyl (C=O) groups excluding carboxylic acids is 1. The third-order valence-corrected chi connectivity index (χ3v) is 5.90. The standard InChI is InChI=1S/C22H21N3O2S/c1-3-12-24-21(27)17-9-5-6-10-18(17)23-22(24)28-14-20(26)25-15(2)13-16-8-4-7-11-19(16)25/h3-11,15H,1,12-14H2,2H3. The van der Waals surface area contributed by atoms with Crippen LogP contribution in [0.1, 0.15) is 12.5 Å². The van der Waals surface area contributed by atoms with E-state index in [1.54, 1.807) is 16.7 Å². The summed E-state index contributed by atoms with van der Waals surface area (Å²) in [6.07, 6.45) is 2.53. The van der Waals surface area contributed by atoms with E-state index in [1.165, 1.54) is 17.3 Å². The van der Waals surface area contributed by atoms with E-state index in [0.717, 1.165) is 12.1 Å². The van der Waals surface area contributed by atoms with E-state index in [4.69, 9.17) is 0 Å². The van der Waals surface area contributed by atoms with Crippen molar-refractivity contribution >= 4 is 34.3 Å². The molecule has 142 valence electrons. The van der Waals surface area contributed by atoms with Gasteiger partial charge in [-0.1, -0.05) is 48.2 Å². The fraction of sp³-hybridized carbons (Fsp3) is 0.227. The summed E-state index contributed by atoms with van der Waals surface area (Å²) in [4.78, 5) is 32.3. The van der Waals surface area contributed by atoms with E-state index in [2.05, 4.69) is 24.6 Å². The molecule has 0 bridgehead atoms. The van der Waals surface area contributed by atoms with Crippen LogP contribution in [0.3, 0.4) is 0 Å². The molecule has 0 saturated carbocycles. The lowest BCUT2D eigenvalue weighted by atomic mass is 10.1. The molecule has 1 aliphatic heterocycles. The molecule has 3 aromatic rings. The van der Waals surface area contributed by atoms with Gasteiger partial charge in [0.15, 0.2) is 5.16 Å². The van der Waals surface area contributed by atoms with E-state index in [1.807, 2.05) is 41.3 Å². The van der Waals surface area contributed by atoms with Crippen LogP contribution in [-0.2, 0) is 17.8 Å². The van der Waals surface area contributed by atoms with Gasteiger partial charge < -0.3 is 4.90 Å². The highest BCUT2D eigenvalue weighted by Gasteiger charge is 2.30. The molecule has 2 heterocycles. The van der Waals surface area contributed by atoms with Crippen molar-refractivity contribution in [2.75, 3.05) is 10.7 Å². The Bertz CT molecular complexity index is 1120. The van der Waals surface area contributed by atoms with Crippen molar-refractivity contribution in [3.8, 4) is 0 Å². The van der Waals surface area contributed by atoms with Crippen molar-refractivity contribution in [2.24, 2.45) is 0 Å². The van der Waals surface area contributed by atoms with Gasteiger partial charge in [0.1, 0.15) is 0 Å². The highest BCUT2D eigenvalue weighted by molar-refractivity contribution is 7.99. The number of hydrogen-bond acceptors (Lipinski definition) is 4. The summed E-state index contributed by atoms with van der Waals surface area (Å²) in [6, 6.07) is 15.4. The second kappa shape index (κ2) is 7.64. The van der Waals surface area contributed by atoms with Gasteiger partial charge in [-0.3, -0.25) is 14.2 Å². The predicted molar refractivity (Wildman–Crippen MR) is 114 cm³/mol. The third kappa shape index (κ3) is 3.24. The van der Waals surface area contributed by atoms with Gasteiger partial charge in [-0.15, -0.1) is 6.58 Å². The lowest BCUT2D eigenvalue weighted by molar-refractivity contribution is -0.116. The van der Waals surface area contributed by atoms with E-state index < -0.39 is 0 Å². The SMILES string of the molecule is C=CCn1c(SCC(=O)N2c3ccccc3CC2C)nc2ccccc2c1=O. The monoisotopic (exact) mass is 391 g/mol. The molecule has 5 nitrogen and oxygen atoms in total. The van der Waals surface area contributed by atoms with Crippen molar-refractivity contribution in [2.45, 2.75) is 31.1 Å². The molecule has 0 N–H and O–H groups in total. The Labute approximate surface area is 167 Å². The number of aromatic nitrogens is 2. The average Bonchev–Trinajstić information content (AvgIpc) is 3.04. The van der Waals surface area contributed by atoms with Crippen LogP contribution in [0, 0.1) is 0 Å². The van der Waals surface area contributed by atoms with E-state index in [0.29, 0.717) is 22.6 Å². The first-order chi connectivity index (χ1) is 13.6. The molecule has 0 saturated heterocycles. The molecule has 0 aliphatic carbocycles. The van der Waals surface area contributed by atoms with Gasteiger partial charge >= 0.3 is 0 Å². The van der Waals surface area contributed by atoms with E-state index in [-0.39, 0.29) is 23.3 Å². The molecule has 6 heteroatoms. The molecule has 1 atom stereocenters. The zero-order valence-electron chi connectivity index (χ0n) is 15.7. The molecule has 0 radical (unpaired) electrons. The summed E-state index contributed by atoms with van der Waals surface area (Å²) in [7, 11) is 0. The van der Waals surface area contributed by atoms with Crippen LogP contribution in [0.25, 0.3) is 10.9 Å². The number of thioether (sulfide) groups is 1. The number of amides is 1. The summed E-state index contributed by atoms with van der Waals surface area (Å²) < 4.78 is 1.58. The number of allylic oxidation sites excluding steroid dienone is 1. The first kappa shape index (κ1) is 18.5. The molecule has 0 spiro atoms. The van der Waals surface area contributed by atoms with Crippen LogP contribution < -0.4 is 10.5 Å². The molecule has 1 aromatic heterocycles. The fourth-order valence-electron chi connectivity index (χ4n) is 3.69. The highest BCUT2D eigenvalue weighted by Crippen LogP contribution is 2.32. The van der Waals surface area contributed by atoms with Crippen LogP contribution >= 0.6 is 11.8 Å². The number of carbonyl (C=O) groups is 1. The maximum absolute atomic E-state index is 13.0. The Hall–Kier alpha value is -2.86. The van der Waals surface area contributed by atoms with Gasteiger partial charge in [-0.2, -0.15) is 0 Å². The maximum Gasteiger partial charge on any atom is 0.262 e. The lowest BCUT2D eigenvalue weighted by Crippen LogP contribution is -2.37. The number of rotatable bonds is 5. The summed E-state index contributed by atoms with van der Waals surface area (Å²) in [5.41, 5.74) is 2.71. The van der Waals surface area contributed by atoms with E-state index in [9.17, 15) is 9.59 Å². The molecule has 4 rings (SSSR count). The number of anilines is 1. The molecule has 0 fully saturated rings. The Kier molecular flexibility index (Phi) is 5.05. The minimum atomic E-state index is -0.111. The van der Waals surface area contributed by atoms with Gasteiger partial charge in [-0.25, -0.2) is 4.98 Å². The Morgan fingerprint density at radius 1 is 1.25 bits per heavy atom. The number of para-hydroxylation sites is 2. The molecule has 1 amide bonds. The van der Waals surface area contributed by atoms with Crippen LogP contribution in [0.4, 0.5) is 5.69 Å². The van der Waals surface area contributed by atoms with Crippen molar-refractivity contribution in [1.82, 2.24) is 9.55 Å². The Morgan fingerprint density at radius 2 is 2.00 bits per heavy atom. The molecule has 1 aliphatic rings. The van der Waals surface area contributed by atoms with Gasteiger partial charge in [-0.05, 0) is 37.1 Å². The van der Waals surface area contributed by atoms with Crippen molar-refractivity contribution in [1.29, 1.82) is 0 Å². The summed E-state index contributed by atoms with van der Waals surface area (Å²) in [6.45, 7) is 6.16. The fourth-order valence-corrected chi connectivity index (χ4v) is 4.56. The first-order valence-electron chi connectivity index (χ1n) is 9.23.